The third kappa shape index (κ3) is 4.67. The lowest BCUT2D eigenvalue weighted by Crippen LogP contribution is -2.19. The van der Waals surface area contributed by atoms with Gasteiger partial charge in [0.2, 0.25) is 0 Å². The molecule has 0 aliphatic rings. The van der Waals surface area contributed by atoms with E-state index in [1.54, 1.807) is 10.7 Å². The Kier molecular flexibility index (Phi) is 6.26. The van der Waals surface area contributed by atoms with E-state index in [9.17, 15) is 9.60 Å². The molecule has 10 nitrogen and oxygen atoms in total. The van der Waals surface area contributed by atoms with E-state index < -0.39 is 5.82 Å². The standard InChI is InChI=1S/C16H18ClFN8O2/c1-25(2)6-5-15-19-23-24-26(15)9-14-16(22-28-21-14)13(20-27)8-10-3-4-12(18)11(17)7-10/h3-4,7,27H,5-6,8-9H2,1-2H3. The average molecular weight is 409 g/mol. The highest BCUT2D eigenvalue weighted by Gasteiger charge is 2.20. The maximum Gasteiger partial charge on any atom is 0.158 e. The largest absolute Gasteiger partial charge is 0.411 e. The van der Waals surface area contributed by atoms with E-state index in [0.717, 1.165) is 6.54 Å². The fraction of sp³-hybridized carbons (Fsp3) is 0.375. The van der Waals surface area contributed by atoms with E-state index in [0.29, 0.717) is 23.5 Å². The molecule has 28 heavy (non-hydrogen) atoms. The fourth-order valence-corrected chi connectivity index (χ4v) is 2.73. The van der Waals surface area contributed by atoms with Gasteiger partial charge in [-0.1, -0.05) is 28.0 Å². The summed E-state index contributed by atoms with van der Waals surface area (Å²) in [5.74, 6) is 0.149. The summed E-state index contributed by atoms with van der Waals surface area (Å²) in [7, 11) is 3.92. The number of aromatic nitrogens is 6. The zero-order valence-corrected chi connectivity index (χ0v) is 16.0. The zero-order chi connectivity index (χ0) is 20.1. The molecule has 0 fully saturated rings. The molecule has 0 aliphatic carbocycles. The third-order valence-corrected chi connectivity index (χ3v) is 4.28. The molecule has 0 unspecified atom stereocenters. The second-order valence-electron chi connectivity index (χ2n) is 6.34. The molecule has 148 valence electrons. The van der Waals surface area contributed by atoms with E-state index in [4.69, 9.17) is 16.2 Å². The fourth-order valence-electron chi connectivity index (χ4n) is 2.53. The van der Waals surface area contributed by atoms with Crippen LogP contribution in [0.2, 0.25) is 5.02 Å². The molecule has 0 atom stereocenters. The molecule has 3 aromatic rings. The Hall–Kier alpha value is -2.92. The van der Waals surface area contributed by atoms with E-state index >= 15 is 0 Å². The van der Waals surface area contributed by atoms with Crippen LogP contribution in [0.3, 0.4) is 0 Å². The Labute approximate surface area is 164 Å². The van der Waals surface area contributed by atoms with Gasteiger partial charge in [-0.25, -0.2) is 13.7 Å². The van der Waals surface area contributed by atoms with Crippen LogP contribution in [0, 0.1) is 5.82 Å². The number of nitrogens with zero attached hydrogens (tertiary/aromatic N) is 8. The van der Waals surface area contributed by atoms with E-state index in [2.05, 4.69) is 31.0 Å². The van der Waals surface area contributed by atoms with E-state index in [1.165, 1.54) is 12.1 Å². The molecule has 0 saturated carbocycles. The first-order valence-corrected chi connectivity index (χ1v) is 8.72. The first kappa shape index (κ1) is 19.8. The first-order valence-electron chi connectivity index (χ1n) is 8.34. The summed E-state index contributed by atoms with van der Waals surface area (Å²) < 4.78 is 19.8. The highest BCUT2D eigenvalue weighted by Crippen LogP contribution is 2.18. The van der Waals surface area contributed by atoms with Crippen LogP contribution in [-0.2, 0) is 19.4 Å². The Balaban J connectivity index is 1.79. The van der Waals surface area contributed by atoms with Crippen molar-refractivity contribution in [3.05, 3.63) is 51.8 Å². The van der Waals surface area contributed by atoms with Gasteiger partial charge >= 0.3 is 0 Å². The van der Waals surface area contributed by atoms with E-state index in [-0.39, 0.29) is 29.4 Å². The predicted octanol–water partition coefficient (Wildman–Crippen LogP) is 1.42. The van der Waals surface area contributed by atoms with Crippen LogP contribution in [0.25, 0.3) is 0 Å². The molecule has 1 aromatic carbocycles. The topological polar surface area (TPSA) is 118 Å². The van der Waals surface area contributed by atoms with Gasteiger partial charge in [-0.2, -0.15) is 0 Å². The molecule has 0 saturated heterocycles. The number of oxime groups is 1. The lowest BCUT2D eigenvalue weighted by atomic mass is 10.1. The summed E-state index contributed by atoms with van der Waals surface area (Å²) in [6.45, 7) is 0.969. The minimum Gasteiger partial charge on any atom is -0.411 e. The minimum atomic E-state index is -0.527. The maximum atomic E-state index is 13.3. The van der Waals surface area contributed by atoms with Crippen LogP contribution < -0.4 is 0 Å². The van der Waals surface area contributed by atoms with Gasteiger partial charge in [-0.15, -0.1) is 5.10 Å². The predicted molar refractivity (Wildman–Crippen MR) is 96.9 cm³/mol. The lowest BCUT2D eigenvalue weighted by molar-refractivity contribution is 0.299. The lowest BCUT2D eigenvalue weighted by Gasteiger charge is -2.09. The molecule has 2 heterocycles. The smallest absolute Gasteiger partial charge is 0.158 e. The number of tetrazole rings is 1. The van der Waals surface area contributed by atoms with Crippen molar-refractivity contribution in [2.75, 3.05) is 20.6 Å². The number of hydrogen-bond donors (Lipinski definition) is 1. The molecule has 0 spiro atoms. The quantitative estimate of drug-likeness (QED) is 0.337. The van der Waals surface area contributed by atoms with Gasteiger partial charge in [-0.3, -0.25) is 0 Å². The van der Waals surface area contributed by atoms with Crippen LogP contribution in [0.5, 0.6) is 0 Å². The van der Waals surface area contributed by atoms with Gasteiger partial charge in [0.15, 0.2) is 11.5 Å². The molecular formula is C16H18ClFN8O2. The first-order chi connectivity index (χ1) is 13.5. The van der Waals surface area contributed by atoms with Crippen molar-refractivity contribution < 1.29 is 14.2 Å². The highest BCUT2D eigenvalue weighted by atomic mass is 35.5. The zero-order valence-electron chi connectivity index (χ0n) is 15.2. The molecule has 0 radical (unpaired) electrons. The van der Waals surface area contributed by atoms with Gasteiger partial charge in [-0.05, 0) is 47.4 Å². The number of likely N-dealkylation sites (N-methyl/N-ethyl adjacent to an activating group) is 1. The highest BCUT2D eigenvalue weighted by molar-refractivity contribution is 6.30. The van der Waals surface area contributed by atoms with Crippen molar-refractivity contribution in [2.45, 2.75) is 19.4 Å². The Morgan fingerprint density at radius 3 is 2.89 bits per heavy atom. The van der Waals surface area contributed by atoms with Gasteiger partial charge in [0, 0.05) is 19.4 Å². The van der Waals surface area contributed by atoms with Crippen molar-refractivity contribution in [3.8, 4) is 0 Å². The SMILES string of the molecule is CN(C)CCc1nnnn1Cc1nonc1C(Cc1ccc(F)c(Cl)c1)=NO. The van der Waals surface area contributed by atoms with Gasteiger partial charge in [0.25, 0.3) is 0 Å². The van der Waals surface area contributed by atoms with Crippen LogP contribution in [-0.4, -0.2) is 67.0 Å². The summed E-state index contributed by atoms with van der Waals surface area (Å²) in [5, 5.41) is 32.1. The van der Waals surface area contributed by atoms with Crippen LogP contribution in [0.1, 0.15) is 22.8 Å². The molecule has 0 amide bonds. The summed E-state index contributed by atoms with van der Waals surface area (Å²) in [5.41, 5.74) is 1.50. The monoisotopic (exact) mass is 408 g/mol. The van der Waals surface area contributed by atoms with Crippen molar-refractivity contribution >= 4 is 17.3 Å². The molecule has 3 rings (SSSR count). The van der Waals surface area contributed by atoms with Crippen molar-refractivity contribution in [2.24, 2.45) is 5.16 Å². The van der Waals surface area contributed by atoms with E-state index in [1.807, 2.05) is 19.0 Å². The minimum absolute atomic E-state index is 0.0208. The number of hydrogen-bond acceptors (Lipinski definition) is 9. The second-order valence-corrected chi connectivity index (χ2v) is 6.74. The third-order valence-electron chi connectivity index (χ3n) is 3.99. The maximum absolute atomic E-state index is 13.3. The summed E-state index contributed by atoms with van der Waals surface area (Å²) in [4.78, 5) is 2.02. The Morgan fingerprint density at radius 2 is 2.18 bits per heavy atom. The van der Waals surface area contributed by atoms with Gasteiger partial charge in [0.1, 0.15) is 17.2 Å². The summed E-state index contributed by atoms with van der Waals surface area (Å²) >= 11 is 5.81. The van der Waals surface area contributed by atoms with Crippen LogP contribution in [0.15, 0.2) is 28.0 Å². The Bertz CT molecular complexity index is 971. The molecule has 2 aromatic heterocycles. The number of halogens is 2. The number of benzene rings is 1. The molecule has 0 aliphatic heterocycles. The molecule has 1 N–H and O–H groups in total. The normalized spacial score (nSPS) is 12.1. The van der Waals surface area contributed by atoms with Crippen molar-refractivity contribution in [3.63, 3.8) is 0 Å². The second kappa shape index (κ2) is 8.85. The molecular weight excluding hydrogens is 391 g/mol. The van der Waals surface area contributed by atoms with Gasteiger partial charge < -0.3 is 10.1 Å². The average Bonchev–Trinajstić information content (AvgIpc) is 3.30. The molecule has 0 bridgehead atoms. The molecule has 12 heteroatoms. The number of rotatable bonds is 8. The van der Waals surface area contributed by atoms with Crippen LogP contribution in [0.4, 0.5) is 4.39 Å². The van der Waals surface area contributed by atoms with Crippen LogP contribution >= 0.6 is 11.6 Å². The summed E-state index contributed by atoms with van der Waals surface area (Å²) in [6.07, 6.45) is 0.802. The summed E-state index contributed by atoms with van der Waals surface area (Å²) in [6, 6.07) is 4.24. The van der Waals surface area contributed by atoms with Crippen molar-refractivity contribution in [1.82, 2.24) is 35.4 Å². The van der Waals surface area contributed by atoms with Gasteiger partial charge in [0.05, 0.1) is 11.6 Å². The Morgan fingerprint density at radius 1 is 1.36 bits per heavy atom. The van der Waals surface area contributed by atoms with Crippen molar-refractivity contribution in [1.29, 1.82) is 0 Å².